The average Bonchev–Trinajstić information content (AvgIpc) is 3.47. The lowest BCUT2D eigenvalue weighted by Crippen LogP contribution is -2.27. The highest BCUT2D eigenvalue weighted by molar-refractivity contribution is 7.99. The number of ether oxygens (including phenoxy) is 1. The van der Waals surface area contributed by atoms with E-state index in [1.807, 2.05) is 18.2 Å². The molecule has 2 aliphatic heterocycles. The van der Waals surface area contributed by atoms with Crippen LogP contribution in [0.1, 0.15) is 36.0 Å². The fraction of sp³-hybridized carbons (Fsp3) is 0.409. The Labute approximate surface area is 182 Å². The molecule has 0 radical (unpaired) electrons. The molecule has 6 nitrogen and oxygen atoms in total. The number of rotatable bonds is 7. The molecule has 2 heterocycles. The number of benzene rings is 2. The number of hydrogen-bond acceptors (Lipinski definition) is 5. The van der Waals surface area contributed by atoms with Crippen molar-refractivity contribution in [1.29, 1.82) is 0 Å². The molecule has 1 amide bonds. The largest absolute Gasteiger partial charge is 0.377 e. The van der Waals surface area contributed by atoms with Crippen LogP contribution in [0.5, 0.6) is 0 Å². The molecule has 8 heteroatoms. The van der Waals surface area contributed by atoms with Crippen LogP contribution >= 0.6 is 11.8 Å². The lowest BCUT2D eigenvalue weighted by Gasteiger charge is -2.16. The maximum Gasteiger partial charge on any atom is 0.256 e. The molecule has 2 aliphatic rings. The van der Waals surface area contributed by atoms with Gasteiger partial charge in [-0.25, -0.2) is 8.42 Å². The second kappa shape index (κ2) is 9.51. The molecule has 30 heavy (non-hydrogen) atoms. The van der Waals surface area contributed by atoms with Crippen molar-refractivity contribution in [3.63, 3.8) is 0 Å². The Bertz CT molecular complexity index is 998. The van der Waals surface area contributed by atoms with Gasteiger partial charge in [-0.15, -0.1) is 11.8 Å². The Morgan fingerprint density at radius 1 is 1.10 bits per heavy atom. The molecule has 1 atom stereocenters. The van der Waals surface area contributed by atoms with E-state index in [1.165, 1.54) is 10.4 Å². The summed E-state index contributed by atoms with van der Waals surface area (Å²) in [7, 11) is -3.52. The van der Waals surface area contributed by atoms with Gasteiger partial charge >= 0.3 is 0 Å². The van der Waals surface area contributed by atoms with E-state index in [0.29, 0.717) is 24.3 Å². The first-order valence-corrected chi connectivity index (χ1v) is 12.7. The van der Waals surface area contributed by atoms with Gasteiger partial charge in [0.15, 0.2) is 0 Å². The molecule has 2 saturated heterocycles. The molecule has 0 bridgehead atoms. The topological polar surface area (TPSA) is 75.7 Å². The number of thioether (sulfide) groups is 1. The molecule has 0 aromatic heterocycles. The van der Waals surface area contributed by atoms with Crippen LogP contribution < -0.4 is 5.32 Å². The van der Waals surface area contributed by atoms with Gasteiger partial charge < -0.3 is 10.1 Å². The predicted molar refractivity (Wildman–Crippen MR) is 119 cm³/mol. The minimum Gasteiger partial charge on any atom is -0.377 e. The number of hydrogen-bond donors (Lipinski definition) is 1. The first-order chi connectivity index (χ1) is 14.5. The third-order valence-corrected chi connectivity index (χ3v) is 8.48. The molecular formula is C22H26N2O4S2. The summed E-state index contributed by atoms with van der Waals surface area (Å²) in [6.45, 7) is 1.91. The summed E-state index contributed by atoms with van der Waals surface area (Å²) in [6, 6.07) is 14.0. The van der Waals surface area contributed by atoms with Crippen LogP contribution in [-0.2, 0) is 14.8 Å². The molecule has 4 rings (SSSR count). The molecule has 0 spiro atoms. The first-order valence-electron chi connectivity index (χ1n) is 10.3. The van der Waals surface area contributed by atoms with Crippen molar-refractivity contribution in [2.24, 2.45) is 0 Å². The number of nitrogens with zero attached hydrogens (tertiary/aromatic N) is 1. The molecule has 160 valence electrons. The van der Waals surface area contributed by atoms with E-state index < -0.39 is 10.0 Å². The zero-order chi connectivity index (χ0) is 21.0. The molecular weight excluding hydrogens is 420 g/mol. The SMILES string of the molecule is O=C(Nc1cccc(S(=O)(=O)N2CCCC2)c1)c1ccccc1SCC1CCCO1. The number of nitrogens with one attached hydrogen (secondary N) is 1. The van der Waals surface area contributed by atoms with Crippen LogP contribution in [-0.4, -0.2) is 50.2 Å². The molecule has 0 saturated carbocycles. The second-order valence-corrected chi connectivity index (χ2v) is 10.5. The highest BCUT2D eigenvalue weighted by Gasteiger charge is 2.27. The Balaban J connectivity index is 1.48. The minimum atomic E-state index is -3.52. The van der Waals surface area contributed by atoms with Gasteiger partial charge in [0.1, 0.15) is 0 Å². The Hall–Kier alpha value is -1.87. The van der Waals surface area contributed by atoms with Crippen molar-refractivity contribution in [3.8, 4) is 0 Å². The third kappa shape index (κ3) is 4.88. The van der Waals surface area contributed by atoms with Gasteiger partial charge in [-0.2, -0.15) is 4.31 Å². The molecule has 0 aliphatic carbocycles. The maximum absolute atomic E-state index is 12.9. The van der Waals surface area contributed by atoms with Gasteiger partial charge in [-0.05, 0) is 56.0 Å². The smallest absolute Gasteiger partial charge is 0.256 e. The second-order valence-electron chi connectivity index (χ2n) is 7.54. The van der Waals surface area contributed by atoms with Crippen LogP contribution in [0, 0.1) is 0 Å². The number of carbonyl (C=O) groups excluding carboxylic acids is 1. The van der Waals surface area contributed by atoms with Crippen molar-refractivity contribution in [2.75, 3.05) is 30.8 Å². The Kier molecular flexibility index (Phi) is 6.77. The number of amides is 1. The van der Waals surface area contributed by atoms with Gasteiger partial charge in [0.2, 0.25) is 10.0 Å². The van der Waals surface area contributed by atoms with Crippen molar-refractivity contribution >= 4 is 33.4 Å². The Morgan fingerprint density at radius 2 is 1.90 bits per heavy atom. The summed E-state index contributed by atoms with van der Waals surface area (Å²) in [5, 5.41) is 2.86. The summed E-state index contributed by atoms with van der Waals surface area (Å²) in [5.41, 5.74) is 1.05. The minimum absolute atomic E-state index is 0.211. The third-order valence-electron chi connectivity index (χ3n) is 5.38. The quantitative estimate of drug-likeness (QED) is 0.651. The van der Waals surface area contributed by atoms with E-state index in [4.69, 9.17) is 4.74 Å². The predicted octanol–water partition coefficient (Wildman–Crippen LogP) is 3.99. The lowest BCUT2D eigenvalue weighted by molar-refractivity contribution is 0.102. The van der Waals surface area contributed by atoms with Crippen molar-refractivity contribution < 1.29 is 17.9 Å². The van der Waals surface area contributed by atoms with Crippen LogP contribution in [0.15, 0.2) is 58.3 Å². The summed E-state index contributed by atoms with van der Waals surface area (Å²) >= 11 is 1.62. The van der Waals surface area contributed by atoms with Crippen LogP contribution in [0.4, 0.5) is 5.69 Å². The zero-order valence-corrected chi connectivity index (χ0v) is 18.4. The fourth-order valence-corrected chi connectivity index (χ4v) is 6.43. The fourth-order valence-electron chi connectivity index (χ4n) is 3.75. The van der Waals surface area contributed by atoms with Gasteiger partial charge in [0.05, 0.1) is 16.6 Å². The summed E-state index contributed by atoms with van der Waals surface area (Å²) in [4.78, 5) is 14.0. The molecule has 2 fully saturated rings. The van der Waals surface area contributed by atoms with Crippen LogP contribution in [0.2, 0.25) is 0 Å². The summed E-state index contributed by atoms with van der Waals surface area (Å²) in [6.07, 6.45) is 4.15. The molecule has 1 N–H and O–H groups in total. The van der Waals surface area contributed by atoms with Crippen molar-refractivity contribution in [3.05, 3.63) is 54.1 Å². The first kappa shape index (κ1) is 21.4. The summed E-state index contributed by atoms with van der Waals surface area (Å²) in [5.74, 6) is 0.564. The zero-order valence-electron chi connectivity index (χ0n) is 16.7. The standard InChI is InChI=1S/C22H26N2O4S2/c25-22(20-10-1-2-11-21(20)29-16-18-8-6-14-28-18)23-17-7-5-9-19(15-17)30(26,27)24-12-3-4-13-24/h1-2,5,7,9-11,15,18H,3-4,6,8,12-14,16H2,(H,23,25). The van der Waals surface area contributed by atoms with E-state index in [2.05, 4.69) is 5.32 Å². The Morgan fingerprint density at radius 3 is 2.67 bits per heavy atom. The lowest BCUT2D eigenvalue weighted by atomic mass is 10.2. The molecule has 1 unspecified atom stereocenters. The highest BCUT2D eigenvalue weighted by Crippen LogP contribution is 2.28. The maximum atomic E-state index is 12.9. The van der Waals surface area contributed by atoms with Crippen LogP contribution in [0.3, 0.4) is 0 Å². The number of sulfonamides is 1. The van der Waals surface area contributed by atoms with Crippen LogP contribution in [0.25, 0.3) is 0 Å². The van der Waals surface area contributed by atoms with Gasteiger partial charge in [-0.3, -0.25) is 4.79 Å². The van der Waals surface area contributed by atoms with Gasteiger partial charge in [-0.1, -0.05) is 18.2 Å². The van der Waals surface area contributed by atoms with E-state index in [0.717, 1.165) is 42.9 Å². The normalized spacial score (nSPS) is 19.8. The molecule has 2 aromatic carbocycles. The van der Waals surface area contributed by atoms with Gasteiger partial charge in [0, 0.05) is 36.0 Å². The number of carbonyl (C=O) groups is 1. The monoisotopic (exact) mass is 446 g/mol. The number of anilines is 1. The summed E-state index contributed by atoms with van der Waals surface area (Å²) < 4.78 is 32.8. The van der Waals surface area contributed by atoms with Crippen molar-refractivity contribution in [2.45, 2.75) is 41.6 Å². The van der Waals surface area contributed by atoms with E-state index in [9.17, 15) is 13.2 Å². The van der Waals surface area contributed by atoms with Gasteiger partial charge in [0.25, 0.3) is 5.91 Å². The van der Waals surface area contributed by atoms with E-state index in [1.54, 1.807) is 36.0 Å². The van der Waals surface area contributed by atoms with E-state index >= 15 is 0 Å². The van der Waals surface area contributed by atoms with Crippen molar-refractivity contribution in [1.82, 2.24) is 4.31 Å². The average molecular weight is 447 g/mol. The molecule has 2 aromatic rings. The van der Waals surface area contributed by atoms with E-state index in [-0.39, 0.29) is 16.9 Å². The highest BCUT2D eigenvalue weighted by atomic mass is 32.2.